The van der Waals surface area contributed by atoms with Gasteiger partial charge in [0.05, 0.1) is 28.5 Å². The minimum Gasteiger partial charge on any atom is -0.389 e. The van der Waals surface area contributed by atoms with Gasteiger partial charge in [0.15, 0.2) is 5.11 Å². The molecule has 10 heteroatoms. The van der Waals surface area contributed by atoms with Crippen molar-refractivity contribution < 1.29 is 23.1 Å². The smallest absolute Gasteiger partial charge is 0.389 e. The van der Waals surface area contributed by atoms with E-state index in [0.29, 0.717) is 6.54 Å². The van der Waals surface area contributed by atoms with E-state index in [4.69, 9.17) is 17.5 Å². The lowest BCUT2D eigenvalue weighted by Gasteiger charge is -2.33. The Bertz CT molecular complexity index is 1080. The molecule has 1 aromatic carbocycles. The van der Waals surface area contributed by atoms with Gasteiger partial charge in [-0.05, 0) is 96.9 Å². The maximum absolute atomic E-state index is 13.5. The Morgan fingerprint density at radius 3 is 2.23 bits per heavy atom. The summed E-state index contributed by atoms with van der Waals surface area (Å²) in [5, 5.41) is 19.6. The maximum Gasteiger partial charge on any atom is 0.417 e. The summed E-state index contributed by atoms with van der Waals surface area (Å²) in [4.78, 5) is 18.6. The molecule has 1 N–H and O–H groups in total. The minimum absolute atomic E-state index is 0.0229. The summed E-state index contributed by atoms with van der Waals surface area (Å²) < 4.78 is 40.4. The SMILES string of the molecule is CC(C)(O)C1CCCN1CCCCCCCCCN1C(=S)N(c2ccc(C#N)c(C(F)(F)F)c2)C(=O)C1(C)C. The first-order valence-corrected chi connectivity index (χ1v) is 14.3. The molecule has 0 saturated carbocycles. The van der Waals surface area contributed by atoms with Gasteiger partial charge >= 0.3 is 6.18 Å². The molecule has 0 aromatic heterocycles. The lowest BCUT2D eigenvalue weighted by molar-refractivity contribution is -0.137. The van der Waals surface area contributed by atoms with E-state index < -0.39 is 28.4 Å². The summed E-state index contributed by atoms with van der Waals surface area (Å²) in [7, 11) is 0. The molecular weight excluding hydrogens is 525 g/mol. The number of alkyl halides is 3. The molecule has 3 rings (SSSR count). The van der Waals surface area contributed by atoms with Gasteiger partial charge in [-0.1, -0.05) is 32.1 Å². The molecule has 2 aliphatic rings. The predicted octanol–water partition coefficient (Wildman–Crippen LogP) is 6.26. The second-order valence-corrected chi connectivity index (χ2v) is 12.2. The number of carbonyl (C=O) groups excluding carboxylic acids is 1. The van der Waals surface area contributed by atoms with Gasteiger partial charge in [0.1, 0.15) is 5.54 Å². The van der Waals surface area contributed by atoms with Crippen LogP contribution in [0.2, 0.25) is 0 Å². The molecule has 0 aliphatic carbocycles. The van der Waals surface area contributed by atoms with Crippen molar-refractivity contribution in [2.24, 2.45) is 0 Å². The Hall–Kier alpha value is -2.22. The molecule has 1 atom stereocenters. The molecule has 216 valence electrons. The number of nitriles is 1. The highest BCUT2D eigenvalue weighted by Crippen LogP contribution is 2.38. The minimum atomic E-state index is -4.71. The highest BCUT2D eigenvalue weighted by molar-refractivity contribution is 7.80. The van der Waals surface area contributed by atoms with E-state index >= 15 is 0 Å². The fraction of sp³-hybridized carbons (Fsp3) is 0.690. The summed E-state index contributed by atoms with van der Waals surface area (Å²) in [6, 6.07) is 5.07. The summed E-state index contributed by atoms with van der Waals surface area (Å²) in [6.45, 7) is 9.91. The Morgan fingerprint density at radius 1 is 1.08 bits per heavy atom. The molecule has 6 nitrogen and oxygen atoms in total. The van der Waals surface area contributed by atoms with Crippen LogP contribution in [0.4, 0.5) is 18.9 Å². The number of unbranched alkanes of at least 4 members (excludes halogenated alkanes) is 6. The molecule has 0 spiro atoms. The third-order valence-corrected chi connectivity index (χ3v) is 8.42. The summed E-state index contributed by atoms with van der Waals surface area (Å²) in [5.74, 6) is -0.379. The molecule has 0 bridgehead atoms. The first-order valence-electron chi connectivity index (χ1n) is 13.9. The van der Waals surface area contributed by atoms with Crippen molar-refractivity contribution >= 4 is 28.9 Å². The molecule has 1 amide bonds. The zero-order chi connectivity index (χ0) is 29.0. The van der Waals surface area contributed by atoms with Crippen molar-refractivity contribution in [2.45, 2.75) is 109 Å². The largest absolute Gasteiger partial charge is 0.417 e. The van der Waals surface area contributed by atoms with Crippen LogP contribution in [0.15, 0.2) is 18.2 Å². The number of hydrogen-bond acceptors (Lipinski definition) is 5. The molecule has 39 heavy (non-hydrogen) atoms. The molecule has 2 aliphatic heterocycles. The van der Waals surface area contributed by atoms with Crippen molar-refractivity contribution in [2.75, 3.05) is 24.5 Å². The highest BCUT2D eigenvalue weighted by atomic mass is 32.1. The summed E-state index contributed by atoms with van der Waals surface area (Å²) in [6.07, 6.45) is 4.94. The first kappa shape index (κ1) is 31.3. The van der Waals surface area contributed by atoms with Crippen LogP contribution in [-0.4, -0.2) is 62.7 Å². The number of halogens is 3. The average Bonchev–Trinajstić information content (AvgIpc) is 3.39. The van der Waals surface area contributed by atoms with Crippen LogP contribution in [0.5, 0.6) is 0 Å². The number of carbonyl (C=O) groups is 1. The van der Waals surface area contributed by atoms with Crippen molar-refractivity contribution in [3.8, 4) is 6.07 Å². The summed E-state index contributed by atoms with van der Waals surface area (Å²) in [5.41, 5.74) is -3.17. The summed E-state index contributed by atoms with van der Waals surface area (Å²) >= 11 is 5.56. The van der Waals surface area contributed by atoms with Gasteiger partial charge < -0.3 is 10.0 Å². The number of amides is 1. The number of thiocarbonyl (C=S) groups is 1. The first-order chi connectivity index (χ1) is 18.2. The van der Waals surface area contributed by atoms with Crippen LogP contribution in [0.1, 0.15) is 96.6 Å². The maximum atomic E-state index is 13.5. The van der Waals surface area contributed by atoms with Gasteiger partial charge in [-0.3, -0.25) is 14.6 Å². The van der Waals surface area contributed by atoms with Gasteiger partial charge in [0.25, 0.3) is 5.91 Å². The van der Waals surface area contributed by atoms with E-state index in [9.17, 15) is 23.1 Å². The van der Waals surface area contributed by atoms with Gasteiger partial charge in [-0.15, -0.1) is 0 Å². The molecule has 2 heterocycles. The normalized spacial score (nSPS) is 20.2. The third kappa shape index (κ3) is 7.30. The second-order valence-electron chi connectivity index (χ2n) is 11.8. The fourth-order valence-electron chi connectivity index (χ4n) is 5.80. The predicted molar refractivity (Wildman–Crippen MR) is 150 cm³/mol. The van der Waals surface area contributed by atoms with E-state index in [-0.39, 0.29) is 22.7 Å². The van der Waals surface area contributed by atoms with Crippen molar-refractivity contribution in [1.82, 2.24) is 9.80 Å². The standard InChI is InChI=1S/C29H41F3N4O2S/c1-27(2)25(37)36(22-15-14-21(20-33)23(19-22)29(30,31)32)26(39)35(27)18-11-9-7-5-6-8-10-16-34-17-12-13-24(34)28(3,4)38/h14-15,19,24,38H,5-13,16-18H2,1-4H3. The van der Waals surface area contributed by atoms with Crippen LogP contribution in [-0.2, 0) is 11.0 Å². The molecule has 0 radical (unpaired) electrons. The van der Waals surface area contributed by atoms with Crippen LogP contribution in [0.25, 0.3) is 0 Å². The van der Waals surface area contributed by atoms with Crippen LogP contribution in [0.3, 0.4) is 0 Å². The third-order valence-electron chi connectivity index (χ3n) is 8.02. The Labute approximate surface area is 235 Å². The topological polar surface area (TPSA) is 70.8 Å². The number of aliphatic hydroxyl groups is 1. The van der Waals surface area contributed by atoms with Crippen LogP contribution < -0.4 is 4.90 Å². The average molecular weight is 567 g/mol. The van der Waals surface area contributed by atoms with Crippen molar-refractivity contribution in [1.29, 1.82) is 5.26 Å². The molecule has 1 aromatic rings. The highest BCUT2D eigenvalue weighted by Gasteiger charge is 2.49. The van der Waals surface area contributed by atoms with Crippen molar-refractivity contribution in [3.63, 3.8) is 0 Å². The number of benzene rings is 1. The van der Waals surface area contributed by atoms with E-state index in [2.05, 4.69) is 4.90 Å². The van der Waals surface area contributed by atoms with Crippen molar-refractivity contribution in [3.05, 3.63) is 29.3 Å². The lowest BCUT2D eigenvalue weighted by Crippen LogP contribution is -2.45. The van der Waals surface area contributed by atoms with E-state index in [1.54, 1.807) is 24.8 Å². The van der Waals surface area contributed by atoms with Crippen LogP contribution in [0, 0.1) is 11.3 Å². The van der Waals surface area contributed by atoms with E-state index in [0.717, 1.165) is 87.9 Å². The van der Waals surface area contributed by atoms with Gasteiger partial charge in [-0.2, -0.15) is 18.4 Å². The number of anilines is 1. The van der Waals surface area contributed by atoms with E-state index in [1.807, 2.05) is 13.8 Å². The number of nitrogens with zero attached hydrogens (tertiary/aromatic N) is 4. The molecular formula is C29H41F3N4O2S. The molecule has 2 fully saturated rings. The number of rotatable bonds is 12. The second kappa shape index (κ2) is 12.5. The molecule has 2 saturated heterocycles. The van der Waals surface area contributed by atoms with Gasteiger partial charge in [0, 0.05) is 12.6 Å². The Kier molecular flexibility index (Phi) is 10.1. The zero-order valence-electron chi connectivity index (χ0n) is 23.5. The van der Waals surface area contributed by atoms with Gasteiger partial charge in [0.2, 0.25) is 0 Å². The Balaban J connectivity index is 1.45. The Morgan fingerprint density at radius 2 is 1.67 bits per heavy atom. The fourth-order valence-corrected chi connectivity index (χ4v) is 6.31. The lowest BCUT2D eigenvalue weighted by atomic mass is 9.96. The monoisotopic (exact) mass is 566 g/mol. The van der Waals surface area contributed by atoms with E-state index in [1.165, 1.54) is 6.07 Å². The van der Waals surface area contributed by atoms with Gasteiger partial charge in [-0.25, -0.2) is 0 Å². The molecule has 1 unspecified atom stereocenters. The quantitative estimate of drug-likeness (QED) is 0.238. The van der Waals surface area contributed by atoms with Crippen LogP contribution >= 0.6 is 12.2 Å². The zero-order valence-corrected chi connectivity index (χ0v) is 24.3. The number of hydrogen-bond donors (Lipinski definition) is 1. The number of likely N-dealkylation sites (tertiary alicyclic amines) is 1.